The molecule has 1 heterocycles. The number of hydrogen-bond acceptors (Lipinski definition) is 3. The van der Waals surface area contributed by atoms with Crippen LogP contribution in [0, 0.1) is 0 Å². The molecule has 5 heteroatoms. The minimum atomic E-state index is -0.483. The molecule has 0 atom stereocenters. The lowest BCUT2D eigenvalue weighted by molar-refractivity contribution is -0.111. The van der Waals surface area contributed by atoms with Crippen molar-refractivity contribution in [2.24, 2.45) is 5.73 Å². The molecule has 1 aliphatic rings. The third-order valence-corrected chi connectivity index (χ3v) is 6.04. The number of amides is 2. The van der Waals surface area contributed by atoms with Crippen LogP contribution in [0.15, 0.2) is 60.7 Å². The number of thiophene rings is 1. The number of anilines is 1. The van der Waals surface area contributed by atoms with E-state index in [2.05, 4.69) is 5.32 Å². The maximum Gasteiger partial charge on any atom is 0.256 e. The molecule has 0 unspecified atom stereocenters. The van der Waals surface area contributed by atoms with Crippen LogP contribution >= 0.6 is 11.3 Å². The van der Waals surface area contributed by atoms with Crippen molar-refractivity contribution in [2.45, 2.75) is 19.3 Å². The van der Waals surface area contributed by atoms with Crippen LogP contribution in [0.25, 0.3) is 11.6 Å². The Labute approximate surface area is 167 Å². The standard InChI is InChI=1S/C23H20N2O2S/c24-21(26)20-17-12-7-13-19(17)28-23(20)25-22(27)18(16-10-5-2-6-11-16)14-15-8-3-1-4-9-15/h1-6,8-11,14H,7,12-13H2,(H2,24,26)(H,25,27)/b18-14-. The number of benzene rings is 2. The summed E-state index contributed by atoms with van der Waals surface area (Å²) < 4.78 is 0. The number of hydrogen-bond donors (Lipinski definition) is 2. The Morgan fingerprint density at radius 1 is 0.964 bits per heavy atom. The summed E-state index contributed by atoms with van der Waals surface area (Å²) in [6, 6.07) is 19.2. The maximum atomic E-state index is 13.2. The molecule has 3 aromatic rings. The molecular formula is C23H20N2O2S. The molecule has 28 heavy (non-hydrogen) atoms. The third kappa shape index (κ3) is 3.62. The van der Waals surface area contributed by atoms with Crippen molar-refractivity contribution >= 4 is 39.8 Å². The van der Waals surface area contributed by atoms with E-state index in [4.69, 9.17) is 5.73 Å². The number of nitrogens with two attached hydrogens (primary N) is 1. The fourth-order valence-electron chi connectivity index (χ4n) is 3.54. The SMILES string of the molecule is NC(=O)c1c(NC(=O)/C(=C\c2ccccc2)c2ccccc2)sc2c1CCC2. The molecule has 0 bridgehead atoms. The number of carbonyl (C=O) groups is 2. The Kier molecular flexibility index (Phi) is 5.08. The minimum Gasteiger partial charge on any atom is -0.365 e. The summed E-state index contributed by atoms with van der Waals surface area (Å²) in [5, 5.41) is 3.50. The Morgan fingerprint density at radius 3 is 2.32 bits per heavy atom. The molecule has 0 spiro atoms. The monoisotopic (exact) mass is 388 g/mol. The Morgan fingerprint density at radius 2 is 1.64 bits per heavy atom. The number of rotatable bonds is 5. The molecule has 2 amide bonds. The number of nitrogens with one attached hydrogen (secondary N) is 1. The second-order valence-corrected chi connectivity index (χ2v) is 7.82. The van der Waals surface area contributed by atoms with Crippen LogP contribution < -0.4 is 11.1 Å². The van der Waals surface area contributed by atoms with E-state index in [0.29, 0.717) is 16.1 Å². The Balaban J connectivity index is 1.72. The molecular weight excluding hydrogens is 368 g/mol. The highest BCUT2D eigenvalue weighted by Crippen LogP contribution is 2.39. The van der Waals surface area contributed by atoms with Gasteiger partial charge in [0.2, 0.25) is 0 Å². The molecule has 2 aromatic carbocycles. The molecule has 4 rings (SSSR count). The summed E-state index contributed by atoms with van der Waals surface area (Å²) in [5.41, 5.74) is 9.37. The number of aryl methyl sites for hydroxylation is 1. The van der Waals surface area contributed by atoms with Crippen LogP contribution in [-0.4, -0.2) is 11.8 Å². The second kappa shape index (κ2) is 7.82. The minimum absolute atomic E-state index is 0.252. The molecule has 140 valence electrons. The smallest absolute Gasteiger partial charge is 0.256 e. The molecule has 0 aliphatic heterocycles. The fraction of sp³-hybridized carbons (Fsp3) is 0.130. The van der Waals surface area contributed by atoms with Crippen molar-refractivity contribution in [1.29, 1.82) is 0 Å². The van der Waals surface area contributed by atoms with Gasteiger partial charge in [-0.15, -0.1) is 11.3 Å². The van der Waals surface area contributed by atoms with Gasteiger partial charge in [-0.3, -0.25) is 9.59 Å². The van der Waals surface area contributed by atoms with Gasteiger partial charge in [-0.2, -0.15) is 0 Å². The van der Waals surface area contributed by atoms with Crippen LogP contribution in [-0.2, 0) is 17.6 Å². The molecule has 3 N–H and O–H groups in total. The summed E-state index contributed by atoms with van der Waals surface area (Å²) in [4.78, 5) is 26.4. The van der Waals surface area contributed by atoms with Gasteiger partial charge in [0.05, 0.1) is 5.56 Å². The Hall–Kier alpha value is -3.18. The average Bonchev–Trinajstić information content (AvgIpc) is 3.28. The molecule has 4 nitrogen and oxygen atoms in total. The van der Waals surface area contributed by atoms with E-state index in [1.807, 2.05) is 66.7 Å². The van der Waals surface area contributed by atoms with Crippen LogP contribution in [0.2, 0.25) is 0 Å². The van der Waals surface area contributed by atoms with Gasteiger partial charge in [0.15, 0.2) is 0 Å². The summed E-state index contributed by atoms with van der Waals surface area (Å²) in [7, 11) is 0. The second-order valence-electron chi connectivity index (χ2n) is 6.71. The predicted octanol–water partition coefficient (Wildman–Crippen LogP) is 4.52. The van der Waals surface area contributed by atoms with Gasteiger partial charge >= 0.3 is 0 Å². The van der Waals surface area contributed by atoms with Crippen molar-refractivity contribution in [3.8, 4) is 0 Å². The van der Waals surface area contributed by atoms with Crippen molar-refractivity contribution in [1.82, 2.24) is 0 Å². The average molecular weight is 388 g/mol. The van der Waals surface area contributed by atoms with Gasteiger partial charge in [0.25, 0.3) is 11.8 Å². The van der Waals surface area contributed by atoms with E-state index in [1.54, 1.807) is 0 Å². The van der Waals surface area contributed by atoms with Gasteiger partial charge in [-0.25, -0.2) is 0 Å². The Bertz CT molecular complexity index is 1050. The third-order valence-electron chi connectivity index (χ3n) is 4.83. The first-order chi connectivity index (χ1) is 13.6. The molecule has 0 saturated heterocycles. The molecule has 0 saturated carbocycles. The van der Waals surface area contributed by atoms with E-state index in [9.17, 15) is 9.59 Å². The molecule has 1 aliphatic carbocycles. The van der Waals surface area contributed by atoms with Crippen molar-refractivity contribution in [3.63, 3.8) is 0 Å². The largest absolute Gasteiger partial charge is 0.365 e. The summed E-state index contributed by atoms with van der Waals surface area (Å²) in [6.45, 7) is 0. The van der Waals surface area contributed by atoms with E-state index in [-0.39, 0.29) is 5.91 Å². The van der Waals surface area contributed by atoms with Gasteiger partial charge in [0, 0.05) is 10.5 Å². The lowest BCUT2D eigenvalue weighted by Gasteiger charge is -2.10. The van der Waals surface area contributed by atoms with E-state index in [1.165, 1.54) is 11.3 Å². The van der Waals surface area contributed by atoms with Gasteiger partial charge in [-0.05, 0) is 42.0 Å². The zero-order chi connectivity index (χ0) is 19.5. The van der Waals surface area contributed by atoms with Gasteiger partial charge in [0.1, 0.15) is 5.00 Å². The van der Waals surface area contributed by atoms with Crippen LogP contribution in [0.5, 0.6) is 0 Å². The van der Waals surface area contributed by atoms with E-state index < -0.39 is 5.91 Å². The van der Waals surface area contributed by atoms with Crippen molar-refractivity contribution in [2.75, 3.05) is 5.32 Å². The first kappa shape index (κ1) is 18.2. The first-order valence-corrected chi connectivity index (χ1v) is 10.0. The van der Waals surface area contributed by atoms with Gasteiger partial charge in [-0.1, -0.05) is 60.7 Å². The van der Waals surface area contributed by atoms with Crippen LogP contribution in [0.3, 0.4) is 0 Å². The molecule has 0 fully saturated rings. The predicted molar refractivity (Wildman–Crippen MR) is 114 cm³/mol. The zero-order valence-corrected chi connectivity index (χ0v) is 16.1. The van der Waals surface area contributed by atoms with E-state index >= 15 is 0 Å². The first-order valence-electron chi connectivity index (χ1n) is 9.21. The zero-order valence-electron chi connectivity index (χ0n) is 15.3. The normalized spacial score (nSPS) is 13.2. The van der Waals surface area contributed by atoms with Crippen molar-refractivity contribution in [3.05, 3.63) is 87.8 Å². The van der Waals surface area contributed by atoms with Crippen molar-refractivity contribution < 1.29 is 9.59 Å². The number of primary amides is 1. The van der Waals surface area contributed by atoms with Crippen LogP contribution in [0.4, 0.5) is 5.00 Å². The number of fused-ring (bicyclic) bond motifs is 1. The lowest BCUT2D eigenvalue weighted by Crippen LogP contribution is -2.18. The highest BCUT2D eigenvalue weighted by atomic mass is 32.1. The summed E-state index contributed by atoms with van der Waals surface area (Å²) in [5.74, 6) is -0.736. The molecule has 0 radical (unpaired) electrons. The van der Waals surface area contributed by atoms with E-state index in [0.717, 1.165) is 40.8 Å². The highest BCUT2D eigenvalue weighted by molar-refractivity contribution is 7.17. The maximum absolute atomic E-state index is 13.2. The van der Waals surface area contributed by atoms with Gasteiger partial charge < -0.3 is 11.1 Å². The molecule has 1 aromatic heterocycles. The number of carbonyl (C=O) groups excluding carboxylic acids is 2. The van der Waals surface area contributed by atoms with Crippen LogP contribution in [0.1, 0.15) is 38.3 Å². The summed E-state index contributed by atoms with van der Waals surface area (Å²) in [6.07, 6.45) is 4.65. The lowest BCUT2D eigenvalue weighted by atomic mass is 10.0. The topological polar surface area (TPSA) is 72.2 Å². The fourth-order valence-corrected chi connectivity index (χ4v) is 4.83. The summed E-state index contributed by atoms with van der Waals surface area (Å²) >= 11 is 1.46. The highest BCUT2D eigenvalue weighted by Gasteiger charge is 2.26. The quantitative estimate of drug-likeness (QED) is 0.498.